The molecule has 6 heteroatoms. The quantitative estimate of drug-likeness (QED) is 0.648. The molecular formula is C13H12N2O4. The Morgan fingerprint density at radius 3 is 3.00 bits per heavy atom. The van der Waals surface area contributed by atoms with Gasteiger partial charge in [-0.3, -0.25) is 4.79 Å². The van der Waals surface area contributed by atoms with Crippen LogP contribution in [0.15, 0.2) is 46.1 Å². The average molecular weight is 260 g/mol. The number of hydrogen-bond donors (Lipinski definition) is 2. The van der Waals surface area contributed by atoms with E-state index in [-0.39, 0.29) is 11.5 Å². The maximum absolute atomic E-state index is 11.5. The van der Waals surface area contributed by atoms with Gasteiger partial charge in [0.1, 0.15) is 0 Å². The maximum Gasteiger partial charge on any atom is 0.307 e. The van der Waals surface area contributed by atoms with E-state index < -0.39 is 5.91 Å². The Morgan fingerprint density at radius 1 is 1.47 bits per heavy atom. The molecule has 0 aliphatic rings. The first-order chi connectivity index (χ1) is 9.20. The number of amides is 1. The van der Waals surface area contributed by atoms with E-state index in [1.54, 1.807) is 18.2 Å². The Hall–Kier alpha value is -2.76. The number of phenols is 1. The average Bonchev–Trinajstić information content (AvgIpc) is 2.94. The topological polar surface area (TPSA) is 84.1 Å². The minimum absolute atomic E-state index is 0.0410. The summed E-state index contributed by atoms with van der Waals surface area (Å²) in [5.74, 6) is 0.119. The molecule has 1 aromatic carbocycles. The van der Waals surface area contributed by atoms with Crippen LogP contribution in [0.3, 0.4) is 0 Å². The molecule has 0 unspecified atom stereocenters. The van der Waals surface area contributed by atoms with Crippen molar-refractivity contribution in [2.75, 3.05) is 7.11 Å². The van der Waals surface area contributed by atoms with Gasteiger partial charge in [0, 0.05) is 0 Å². The highest BCUT2D eigenvalue weighted by atomic mass is 16.5. The zero-order chi connectivity index (χ0) is 13.7. The van der Waals surface area contributed by atoms with E-state index in [1.807, 2.05) is 0 Å². The van der Waals surface area contributed by atoms with Crippen LogP contribution in [0.2, 0.25) is 0 Å². The number of phenolic OH excluding ortho intramolecular Hbond substituents is 1. The Kier molecular flexibility index (Phi) is 3.82. The minimum Gasteiger partial charge on any atom is -0.504 e. The van der Waals surface area contributed by atoms with Gasteiger partial charge in [-0.2, -0.15) is 5.10 Å². The van der Waals surface area contributed by atoms with Gasteiger partial charge in [0.25, 0.3) is 0 Å². The van der Waals surface area contributed by atoms with Gasteiger partial charge in [-0.25, -0.2) is 5.43 Å². The third-order valence-corrected chi connectivity index (χ3v) is 2.33. The summed E-state index contributed by atoms with van der Waals surface area (Å²) in [7, 11) is 1.45. The van der Waals surface area contributed by atoms with Crippen molar-refractivity contribution in [1.82, 2.24) is 5.43 Å². The van der Waals surface area contributed by atoms with E-state index in [0.717, 1.165) is 0 Å². The van der Waals surface area contributed by atoms with E-state index in [4.69, 9.17) is 9.15 Å². The molecule has 98 valence electrons. The molecule has 0 atom stereocenters. The van der Waals surface area contributed by atoms with Crippen molar-refractivity contribution in [2.24, 2.45) is 5.10 Å². The molecule has 2 N–H and O–H groups in total. The first kappa shape index (κ1) is 12.7. The van der Waals surface area contributed by atoms with Crippen molar-refractivity contribution in [2.45, 2.75) is 0 Å². The van der Waals surface area contributed by atoms with Gasteiger partial charge in [0.2, 0.25) is 0 Å². The first-order valence-corrected chi connectivity index (χ1v) is 5.44. The standard InChI is InChI=1S/C13H12N2O4/c1-18-12-7-9(4-5-10(12)16)8-14-15-13(17)11-3-2-6-19-11/h2-8,16H,1H3,(H,15,17)/b14-8+. The van der Waals surface area contributed by atoms with E-state index in [0.29, 0.717) is 11.3 Å². The van der Waals surface area contributed by atoms with Crippen molar-refractivity contribution in [3.63, 3.8) is 0 Å². The molecule has 0 aliphatic heterocycles. The van der Waals surface area contributed by atoms with Crippen LogP contribution in [-0.2, 0) is 0 Å². The normalized spacial score (nSPS) is 10.6. The molecule has 1 amide bonds. The molecule has 2 aromatic rings. The number of benzene rings is 1. The number of aromatic hydroxyl groups is 1. The lowest BCUT2D eigenvalue weighted by Crippen LogP contribution is -2.16. The number of methoxy groups -OCH3 is 1. The van der Waals surface area contributed by atoms with Crippen molar-refractivity contribution < 1.29 is 19.1 Å². The fourth-order valence-electron chi connectivity index (χ4n) is 1.40. The summed E-state index contributed by atoms with van der Waals surface area (Å²) in [6.45, 7) is 0. The zero-order valence-electron chi connectivity index (χ0n) is 10.2. The third-order valence-electron chi connectivity index (χ3n) is 2.33. The smallest absolute Gasteiger partial charge is 0.307 e. The van der Waals surface area contributed by atoms with Crippen LogP contribution < -0.4 is 10.2 Å². The van der Waals surface area contributed by atoms with Gasteiger partial charge in [0.15, 0.2) is 17.3 Å². The summed E-state index contributed by atoms with van der Waals surface area (Å²) in [6, 6.07) is 7.87. The molecule has 1 aromatic heterocycles. The van der Waals surface area contributed by atoms with Crippen LogP contribution in [0.25, 0.3) is 0 Å². The van der Waals surface area contributed by atoms with Gasteiger partial charge in [-0.05, 0) is 35.9 Å². The zero-order valence-corrected chi connectivity index (χ0v) is 10.2. The van der Waals surface area contributed by atoms with Crippen molar-refractivity contribution in [3.05, 3.63) is 47.9 Å². The lowest BCUT2D eigenvalue weighted by molar-refractivity contribution is 0.0927. The fraction of sp³-hybridized carbons (Fsp3) is 0.0769. The number of hydrogen-bond acceptors (Lipinski definition) is 5. The van der Waals surface area contributed by atoms with Gasteiger partial charge >= 0.3 is 5.91 Å². The summed E-state index contributed by atoms with van der Waals surface area (Å²) in [5.41, 5.74) is 2.99. The number of furan rings is 1. The second-order valence-corrected chi connectivity index (χ2v) is 3.61. The van der Waals surface area contributed by atoms with Crippen molar-refractivity contribution in [3.8, 4) is 11.5 Å². The highest BCUT2D eigenvalue weighted by Gasteiger charge is 2.06. The Labute approximate surface area is 109 Å². The highest BCUT2D eigenvalue weighted by molar-refractivity contribution is 5.92. The SMILES string of the molecule is COc1cc(/C=N/NC(=O)c2ccco2)ccc1O. The summed E-state index contributed by atoms with van der Waals surface area (Å²) < 4.78 is 9.87. The predicted molar refractivity (Wildman–Crippen MR) is 68.4 cm³/mol. The largest absolute Gasteiger partial charge is 0.504 e. The molecule has 0 radical (unpaired) electrons. The molecule has 0 saturated heterocycles. The van der Waals surface area contributed by atoms with Crippen LogP contribution in [0.4, 0.5) is 0 Å². The summed E-state index contributed by atoms with van der Waals surface area (Å²) >= 11 is 0. The van der Waals surface area contributed by atoms with Gasteiger partial charge < -0.3 is 14.3 Å². The molecule has 6 nitrogen and oxygen atoms in total. The summed E-state index contributed by atoms with van der Waals surface area (Å²) in [5, 5.41) is 13.2. The Bertz CT molecular complexity index is 591. The van der Waals surface area contributed by atoms with Crippen LogP contribution in [-0.4, -0.2) is 24.3 Å². The number of carbonyl (C=O) groups excluding carboxylic acids is 1. The molecule has 0 fully saturated rings. The lowest BCUT2D eigenvalue weighted by atomic mass is 10.2. The van der Waals surface area contributed by atoms with Gasteiger partial charge in [-0.1, -0.05) is 0 Å². The van der Waals surface area contributed by atoms with E-state index >= 15 is 0 Å². The molecular weight excluding hydrogens is 248 g/mol. The number of rotatable bonds is 4. The van der Waals surface area contributed by atoms with Crippen LogP contribution >= 0.6 is 0 Å². The van der Waals surface area contributed by atoms with Crippen molar-refractivity contribution >= 4 is 12.1 Å². The second-order valence-electron chi connectivity index (χ2n) is 3.61. The lowest BCUT2D eigenvalue weighted by Gasteiger charge is -2.03. The van der Waals surface area contributed by atoms with Crippen LogP contribution in [0.5, 0.6) is 11.5 Å². The highest BCUT2D eigenvalue weighted by Crippen LogP contribution is 2.25. The number of carbonyl (C=O) groups is 1. The fourth-order valence-corrected chi connectivity index (χ4v) is 1.40. The van der Waals surface area contributed by atoms with Crippen molar-refractivity contribution in [1.29, 1.82) is 0 Å². The van der Waals surface area contributed by atoms with E-state index in [9.17, 15) is 9.90 Å². The predicted octanol–water partition coefficient (Wildman–Crippen LogP) is 1.76. The number of ether oxygens (including phenoxy) is 1. The summed E-state index contributed by atoms with van der Waals surface area (Å²) in [6.07, 6.45) is 2.84. The van der Waals surface area contributed by atoms with E-state index in [1.165, 1.54) is 31.7 Å². The van der Waals surface area contributed by atoms with Crippen LogP contribution in [0.1, 0.15) is 16.1 Å². The van der Waals surface area contributed by atoms with Gasteiger partial charge in [0.05, 0.1) is 19.6 Å². The molecule has 0 spiro atoms. The molecule has 0 aliphatic carbocycles. The minimum atomic E-state index is -0.438. The molecule has 0 bridgehead atoms. The first-order valence-electron chi connectivity index (χ1n) is 5.44. The van der Waals surface area contributed by atoms with E-state index in [2.05, 4.69) is 10.5 Å². The number of nitrogens with one attached hydrogen (secondary N) is 1. The molecule has 19 heavy (non-hydrogen) atoms. The van der Waals surface area contributed by atoms with Gasteiger partial charge in [-0.15, -0.1) is 0 Å². The third kappa shape index (κ3) is 3.12. The molecule has 2 rings (SSSR count). The monoisotopic (exact) mass is 260 g/mol. The maximum atomic E-state index is 11.5. The molecule has 1 heterocycles. The Morgan fingerprint density at radius 2 is 2.32 bits per heavy atom. The van der Waals surface area contributed by atoms with Crippen LogP contribution in [0, 0.1) is 0 Å². The second kappa shape index (κ2) is 5.72. The number of nitrogens with zero attached hydrogens (tertiary/aromatic N) is 1. The Balaban J connectivity index is 2.01. The molecule has 0 saturated carbocycles. The summed E-state index contributed by atoms with van der Waals surface area (Å²) in [4.78, 5) is 11.5. The number of hydrazone groups is 1.